The minimum absolute atomic E-state index is 0.0862. The minimum atomic E-state index is 0.0862. The molecular weight excluding hydrogens is 318 g/mol. The lowest BCUT2D eigenvalue weighted by Gasteiger charge is -2.12. The molecule has 0 spiro atoms. The van der Waals surface area contributed by atoms with E-state index < -0.39 is 0 Å². The Kier molecular flexibility index (Phi) is 5.80. The fourth-order valence-electron chi connectivity index (χ4n) is 2.44. The van der Waals surface area contributed by atoms with E-state index >= 15 is 0 Å². The number of aliphatic hydroxyl groups excluding tert-OH is 1. The normalized spacial score (nSPS) is 21.1. The highest BCUT2D eigenvalue weighted by Crippen LogP contribution is 2.19. The summed E-state index contributed by atoms with van der Waals surface area (Å²) in [5.74, 6) is 0.283. The first-order chi connectivity index (χ1) is 9.69. The van der Waals surface area contributed by atoms with E-state index in [1.54, 1.807) is 0 Å². The number of hydrogen-bond donors (Lipinski definition) is 2. The van der Waals surface area contributed by atoms with Gasteiger partial charge < -0.3 is 10.4 Å². The maximum atomic E-state index is 11.8. The molecule has 1 aliphatic carbocycles. The maximum absolute atomic E-state index is 11.8. The van der Waals surface area contributed by atoms with Gasteiger partial charge in [0, 0.05) is 29.5 Å². The Balaban J connectivity index is 1.69. The van der Waals surface area contributed by atoms with Crippen LogP contribution in [0.15, 0.2) is 40.9 Å². The fourth-order valence-corrected chi connectivity index (χ4v) is 2.92. The molecule has 2 rings (SSSR count). The van der Waals surface area contributed by atoms with Crippen LogP contribution in [0.4, 0.5) is 0 Å². The molecule has 0 heterocycles. The molecule has 108 valence electrons. The van der Waals surface area contributed by atoms with Crippen molar-refractivity contribution >= 4 is 21.8 Å². The van der Waals surface area contributed by atoms with Gasteiger partial charge in [-0.15, -0.1) is 0 Å². The van der Waals surface area contributed by atoms with Crippen molar-refractivity contribution in [3.05, 3.63) is 46.5 Å². The predicted molar refractivity (Wildman–Crippen MR) is 83.3 cm³/mol. The molecule has 2 N–H and O–H groups in total. The first-order valence-electron chi connectivity index (χ1n) is 7.01. The molecular formula is C16H20BrNO2. The third-order valence-electron chi connectivity index (χ3n) is 3.56. The summed E-state index contributed by atoms with van der Waals surface area (Å²) in [6, 6.07) is 8.19. The van der Waals surface area contributed by atoms with E-state index in [-0.39, 0.29) is 24.5 Å². The van der Waals surface area contributed by atoms with Crippen LogP contribution in [0, 0.1) is 5.92 Å². The summed E-state index contributed by atoms with van der Waals surface area (Å²) in [7, 11) is 0. The summed E-state index contributed by atoms with van der Waals surface area (Å²) in [5.41, 5.74) is 1.24. The van der Waals surface area contributed by atoms with Crippen molar-refractivity contribution in [2.24, 2.45) is 5.92 Å². The van der Waals surface area contributed by atoms with Gasteiger partial charge in [0.25, 0.3) is 0 Å². The smallest absolute Gasteiger partial charge is 0.220 e. The number of hydrogen-bond acceptors (Lipinski definition) is 2. The number of aliphatic hydroxyl groups is 1. The zero-order valence-corrected chi connectivity index (χ0v) is 13.0. The van der Waals surface area contributed by atoms with Gasteiger partial charge in [-0.05, 0) is 30.9 Å². The van der Waals surface area contributed by atoms with Crippen LogP contribution in [0.3, 0.4) is 0 Å². The standard InChI is InChI=1S/C16H20BrNO2/c17-15-6-2-1-4-13(15)5-3-7-16(20)18-14-9-8-12(10-14)11-19/h1-2,4,6,8-9,12,14,19H,3,5,7,10-11H2,(H,18,20)/t12-,14+/m0/s1. The van der Waals surface area contributed by atoms with Crippen molar-refractivity contribution in [2.45, 2.75) is 31.7 Å². The van der Waals surface area contributed by atoms with Crippen LogP contribution in [0.5, 0.6) is 0 Å². The van der Waals surface area contributed by atoms with E-state index in [9.17, 15) is 4.79 Å². The van der Waals surface area contributed by atoms with E-state index in [4.69, 9.17) is 5.11 Å². The highest BCUT2D eigenvalue weighted by Gasteiger charge is 2.19. The Bertz CT molecular complexity index is 487. The first-order valence-corrected chi connectivity index (χ1v) is 7.80. The van der Waals surface area contributed by atoms with Crippen molar-refractivity contribution in [3.8, 4) is 0 Å². The average molecular weight is 338 g/mol. The van der Waals surface area contributed by atoms with Gasteiger partial charge in [-0.25, -0.2) is 0 Å². The van der Waals surface area contributed by atoms with Crippen LogP contribution >= 0.6 is 15.9 Å². The molecule has 0 aromatic heterocycles. The summed E-state index contributed by atoms with van der Waals surface area (Å²) in [6.07, 6.45) is 7.05. The summed E-state index contributed by atoms with van der Waals surface area (Å²) >= 11 is 3.52. The average Bonchev–Trinajstić information content (AvgIpc) is 2.88. The van der Waals surface area contributed by atoms with Gasteiger partial charge in [0.2, 0.25) is 5.91 Å². The largest absolute Gasteiger partial charge is 0.396 e. The summed E-state index contributed by atoms with van der Waals surface area (Å²) in [4.78, 5) is 11.8. The second kappa shape index (κ2) is 7.60. The van der Waals surface area contributed by atoms with Crippen LogP contribution < -0.4 is 5.32 Å². The van der Waals surface area contributed by atoms with Gasteiger partial charge in [-0.1, -0.05) is 46.3 Å². The molecule has 1 amide bonds. The zero-order valence-electron chi connectivity index (χ0n) is 11.4. The highest BCUT2D eigenvalue weighted by atomic mass is 79.9. The van der Waals surface area contributed by atoms with Gasteiger partial charge in [0.15, 0.2) is 0 Å². The number of rotatable bonds is 6. The lowest BCUT2D eigenvalue weighted by Crippen LogP contribution is -2.32. The number of nitrogens with one attached hydrogen (secondary N) is 1. The van der Waals surface area contributed by atoms with E-state index in [1.807, 2.05) is 30.4 Å². The van der Waals surface area contributed by atoms with Crippen LogP contribution in [-0.4, -0.2) is 23.7 Å². The van der Waals surface area contributed by atoms with Crippen molar-refractivity contribution in [1.29, 1.82) is 0 Å². The van der Waals surface area contributed by atoms with Gasteiger partial charge >= 0.3 is 0 Å². The number of halogens is 1. The number of benzene rings is 1. The minimum Gasteiger partial charge on any atom is -0.396 e. The zero-order chi connectivity index (χ0) is 14.4. The molecule has 20 heavy (non-hydrogen) atoms. The molecule has 0 unspecified atom stereocenters. The Hall–Kier alpha value is -1.13. The molecule has 0 saturated carbocycles. The van der Waals surface area contributed by atoms with Gasteiger partial charge in [0.1, 0.15) is 0 Å². The first kappa shape index (κ1) is 15.3. The third-order valence-corrected chi connectivity index (χ3v) is 4.33. The summed E-state index contributed by atoms with van der Waals surface area (Å²) in [6.45, 7) is 0.158. The van der Waals surface area contributed by atoms with Gasteiger partial charge in [0.05, 0.1) is 0 Å². The van der Waals surface area contributed by atoms with Crippen molar-refractivity contribution < 1.29 is 9.90 Å². The van der Waals surface area contributed by atoms with E-state index in [2.05, 4.69) is 27.3 Å². The van der Waals surface area contributed by atoms with Crippen LogP contribution in [0.2, 0.25) is 0 Å². The lowest BCUT2D eigenvalue weighted by atomic mass is 10.1. The van der Waals surface area contributed by atoms with E-state index in [0.717, 1.165) is 23.7 Å². The lowest BCUT2D eigenvalue weighted by molar-refractivity contribution is -0.121. The molecule has 4 heteroatoms. The quantitative estimate of drug-likeness (QED) is 0.784. The molecule has 0 saturated heterocycles. The van der Waals surface area contributed by atoms with Crippen molar-refractivity contribution in [2.75, 3.05) is 6.61 Å². The Labute approximate surface area is 128 Å². The van der Waals surface area contributed by atoms with E-state index in [1.165, 1.54) is 5.56 Å². The molecule has 1 aliphatic rings. The molecule has 0 fully saturated rings. The Morgan fingerprint density at radius 1 is 1.35 bits per heavy atom. The van der Waals surface area contributed by atoms with Crippen molar-refractivity contribution in [1.82, 2.24) is 5.32 Å². The molecule has 0 aliphatic heterocycles. The number of amides is 1. The topological polar surface area (TPSA) is 49.3 Å². The van der Waals surface area contributed by atoms with Gasteiger partial charge in [-0.2, -0.15) is 0 Å². The fraction of sp³-hybridized carbons (Fsp3) is 0.438. The monoisotopic (exact) mass is 337 g/mol. The molecule has 0 bridgehead atoms. The Morgan fingerprint density at radius 2 is 2.15 bits per heavy atom. The maximum Gasteiger partial charge on any atom is 0.220 e. The summed E-state index contributed by atoms with van der Waals surface area (Å²) in [5, 5.41) is 12.0. The van der Waals surface area contributed by atoms with Crippen LogP contribution in [0.25, 0.3) is 0 Å². The van der Waals surface area contributed by atoms with E-state index in [0.29, 0.717) is 6.42 Å². The number of carbonyl (C=O) groups excluding carboxylic acids is 1. The third kappa shape index (κ3) is 4.46. The van der Waals surface area contributed by atoms with Gasteiger partial charge in [-0.3, -0.25) is 4.79 Å². The molecule has 2 atom stereocenters. The SMILES string of the molecule is O=C(CCCc1ccccc1Br)N[C@@H]1C=C[C@H](CO)C1. The number of carbonyl (C=O) groups is 1. The Morgan fingerprint density at radius 3 is 2.85 bits per heavy atom. The van der Waals surface area contributed by atoms with Crippen molar-refractivity contribution in [3.63, 3.8) is 0 Å². The second-order valence-corrected chi connectivity index (χ2v) is 6.04. The predicted octanol–water partition coefficient (Wildman–Crippen LogP) is 2.83. The molecule has 3 nitrogen and oxygen atoms in total. The number of aryl methyl sites for hydroxylation is 1. The van der Waals surface area contributed by atoms with Crippen LogP contribution in [0.1, 0.15) is 24.8 Å². The molecule has 0 radical (unpaired) electrons. The molecule has 1 aromatic rings. The second-order valence-electron chi connectivity index (χ2n) is 5.18. The van der Waals surface area contributed by atoms with Crippen LogP contribution in [-0.2, 0) is 11.2 Å². The summed E-state index contributed by atoms with van der Waals surface area (Å²) < 4.78 is 1.10. The molecule has 1 aromatic carbocycles. The highest BCUT2D eigenvalue weighted by molar-refractivity contribution is 9.10.